The van der Waals surface area contributed by atoms with E-state index < -0.39 is 0 Å². The van der Waals surface area contributed by atoms with Gasteiger partial charge < -0.3 is 11.1 Å². The maximum absolute atomic E-state index is 12.6. The highest BCUT2D eigenvalue weighted by molar-refractivity contribution is 5.85. The van der Waals surface area contributed by atoms with E-state index in [2.05, 4.69) is 22.4 Å². The van der Waals surface area contributed by atoms with Crippen molar-refractivity contribution < 1.29 is 4.79 Å². The molecule has 2 aliphatic carbocycles. The number of carbonyl (C=O) groups is 1. The van der Waals surface area contributed by atoms with Crippen molar-refractivity contribution >= 4 is 41.6 Å². The van der Waals surface area contributed by atoms with E-state index >= 15 is 0 Å². The summed E-state index contributed by atoms with van der Waals surface area (Å²) >= 11 is 0. The van der Waals surface area contributed by atoms with E-state index in [0.29, 0.717) is 24.4 Å². The fourth-order valence-corrected chi connectivity index (χ4v) is 4.55. The molecule has 6 heteroatoms. The monoisotopic (exact) mass is 395 g/mol. The highest BCUT2D eigenvalue weighted by atomic mass is 35.5. The van der Waals surface area contributed by atoms with E-state index in [1.807, 2.05) is 24.4 Å². The second-order valence-corrected chi connectivity index (χ2v) is 7.45. The summed E-state index contributed by atoms with van der Waals surface area (Å²) in [5, 5.41) is 4.23. The number of hydrogen-bond acceptors (Lipinski definition) is 3. The fourth-order valence-electron chi connectivity index (χ4n) is 4.55. The van der Waals surface area contributed by atoms with Crippen molar-refractivity contribution in [2.45, 2.75) is 44.7 Å². The van der Waals surface area contributed by atoms with Gasteiger partial charge in [-0.15, -0.1) is 24.8 Å². The van der Waals surface area contributed by atoms with Gasteiger partial charge in [0.2, 0.25) is 5.91 Å². The second kappa shape index (κ2) is 9.03. The topological polar surface area (TPSA) is 68.0 Å². The summed E-state index contributed by atoms with van der Waals surface area (Å²) in [6.07, 6.45) is 7.43. The summed E-state index contributed by atoms with van der Waals surface area (Å²) in [4.78, 5) is 17.1. The summed E-state index contributed by atoms with van der Waals surface area (Å²) < 4.78 is 0. The predicted octanol–water partition coefficient (Wildman–Crippen LogP) is 3.85. The summed E-state index contributed by atoms with van der Waals surface area (Å²) in [6.45, 7) is 0.550. The standard InChI is InChI=1S/C20H25N3O.2ClH/c21-19-15-5-3-6-16(19)10-17(9-15)20(24)23-12-13-8-14-4-1-2-7-18(14)22-11-13;;/h1-2,4,7-8,11,15-17,19H,3,5-6,9-10,12,21H2,(H,23,24);2*1H. The van der Waals surface area contributed by atoms with Crippen molar-refractivity contribution in [2.24, 2.45) is 23.5 Å². The molecule has 26 heavy (non-hydrogen) atoms. The number of rotatable bonds is 3. The molecule has 1 heterocycles. The predicted molar refractivity (Wildman–Crippen MR) is 110 cm³/mol. The molecule has 0 aliphatic heterocycles. The van der Waals surface area contributed by atoms with E-state index in [1.165, 1.54) is 19.3 Å². The molecule has 2 aliphatic rings. The number of para-hydroxylation sites is 1. The normalized spacial score (nSPS) is 27.1. The Bertz CT molecular complexity index is 741. The first kappa shape index (κ1) is 20.9. The number of halogens is 2. The van der Waals surface area contributed by atoms with Crippen molar-refractivity contribution in [3.63, 3.8) is 0 Å². The van der Waals surface area contributed by atoms with Gasteiger partial charge in [0.15, 0.2) is 0 Å². The zero-order chi connectivity index (χ0) is 16.5. The Balaban J connectivity index is 0.00000121. The lowest BCUT2D eigenvalue weighted by Crippen LogP contribution is -2.49. The molecule has 1 aromatic carbocycles. The van der Waals surface area contributed by atoms with Crippen molar-refractivity contribution in [1.29, 1.82) is 0 Å². The summed E-state index contributed by atoms with van der Waals surface area (Å²) in [7, 11) is 0. The van der Waals surface area contributed by atoms with E-state index in [4.69, 9.17) is 5.73 Å². The van der Waals surface area contributed by atoms with E-state index in [9.17, 15) is 4.79 Å². The number of amides is 1. The Kier molecular flexibility index (Phi) is 7.27. The third kappa shape index (κ3) is 4.30. The van der Waals surface area contributed by atoms with Crippen LogP contribution in [0.5, 0.6) is 0 Å². The number of aromatic nitrogens is 1. The second-order valence-electron chi connectivity index (χ2n) is 7.45. The average Bonchev–Trinajstić information content (AvgIpc) is 2.59. The van der Waals surface area contributed by atoms with Crippen LogP contribution in [0.1, 0.15) is 37.7 Å². The Morgan fingerprint density at radius 1 is 1.15 bits per heavy atom. The van der Waals surface area contributed by atoms with Crippen LogP contribution in [0, 0.1) is 17.8 Å². The van der Waals surface area contributed by atoms with E-state index in [1.54, 1.807) is 0 Å². The Labute approximate surface area is 167 Å². The number of nitrogens with two attached hydrogens (primary N) is 1. The highest BCUT2D eigenvalue weighted by Gasteiger charge is 2.40. The third-order valence-electron chi connectivity index (χ3n) is 5.90. The average molecular weight is 396 g/mol. The van der Waals surface area contributed by atoms with Gasteiger partial charge in [-0.05, 0) is 55.2 Å². The van der Waals surface area contributed by atoms with Crippen LogP contribution < -0.4 is 11.1 Å². The number of carbonyl (C=O) groups excluding carboxylic acids is 1. The van der Waals surface area contributed by atoms with Gasteiger partial charge in [0.1, 0.15) is 0 Å². The molecule has 1 aromatic heterocycles. The molecule has 0 radical (unpaired) electrons. The van der Waals surface area contributed by atoms with Gasteiger partial charge >= 0.3 is 0 Å². The van der Waals surface area contributed by atoms with Gasteiger partial charge in [0.25, 0.3) is 0 Å². The van der Waals surface area contributed by atoms with Crippen LogP contribution in [0.2, 0.25) is 0 Å². The van der Waals surface area contributed by atoms with E-state index in [-0.39, 0.29) is 36.6 Å². The SMILES string of the molecule is Cl.Cl.NC1C2CCCC1CC(C(=O)NCc1cnc3ccccc3c1)C2. The van der Waals surface area contributed by atoms with Crippen molar-refractivity contribution in [3.05, 3.63) is 42.1 Å². The molecule has 3 N–H and O–H groups in total. The van der Waals surface area contributed by atoms with Crippen LogP contribution in [0.3, 0.4) is 0 Å². The minimum absolute atomic E-state index is 0. The number of hydrogen-bond donors (Lipinski definition) is 2. The maximum Gasteiger partial charge on any atom is 0.223 e. The van der Waals surface area contributed by atoms with Crippen molar-refractivity contribution in [1.82, 2.24) is 10.3 Å². The molecule has 0 spiro atoms. The van der Waals surface area contributed by atoms with Gasteiger partial charge in [-0.3, -0.25) is 9.78 Å². The number of nitrogens with one attached hydrogen (secondary N) is 1. The quantitative estimate of drug-likeness (QED) is 0.828. The van der Waals surface area contributed by atoms with Gasteiger partial charge in [-0.1, -0.05) is 24.6 Å². The lowest BCUT2D eigenvalue weighted by atomic mass is 9.65. The van der Waals surface area contributed by atoms with Crippen LogP contribution in [0.25, 0.3) is 10.9 Å². The van der Waals surface area contributed by atoms with E-state index in [0.717, 1.165) is 29.3 Å². The Morgan fingerprint density at radius 3 is 2.58 bits per heavy atom. The molecule has 1 amide bonds. The molecule has 2 aromatic rings. The minimum atomic E-state index is 0. The van der Waals surface area contributed by atoms with Crippen molar-refractivity contribution in [3.8, 4) is 0 Å². The molecule has 2 fully saturated rings. The van der Waals surface area contributed by atoms with Crippen LogP contribution in [0.4, 0.5) is 0 Å². The molecule has 2 unspecified atom stereocenters. The minimum Gasteiger partial charge on any atom is -0.352 e. The largest absolute Gasteiger partial charge is 0.352 e. The van der Waals surface area contributed by atoms with Gasteiger partial charge in [-0.2, -0.15) is 0 Å². The molecule has 2 bridgehead atoms. The third-order valence-corrected chi connectivity index (χ3v) is 5.90. The number of fused-ring (bicyclic) bond motifs is 3. The first-order valence-corrected chi connectivity index (χ1v) is 9.07. The molecule has 4 rings (SSSR count). The molecule has 4 nitrogen and oxygen atoms in total. The number of pyridine rings is 1. The van der Waals surface area contributed by atoms with Gasteiger partial charge in [0, 0.05) is 30.1 Å². The molecule has 2 atom stereocenters. The molecular formula is C20H27Cl2N3O. The Hall–Kier alpha value is -1.36. The summed E-state index contributed by atoms with van der Waals surface area (Å²) in [6, 6.07) is 10.5. The maximum atomic E-state index is 12.6. The van der Waals surface area contributed by atoms with Gasteiger partial charge in [-0.25, -0.2) is 0 Å². The first-order valence-electron chi connectivity index (χ1n) is 9.07. The smallest absolute Gasteiger partial charge is 0.223 e. The first-order chi connectivity index (χ1) is 11.7. The summed E-state index contributed by atoms with van der Waals surface area (Å²) in [5.41, 5.74) is 8.36. The fraction of sp³-hybridized carbons (Fsp3) is 0.500. The molecule has 142 valence electrons. The number of benzene rings is 1. The number of nitrogens with zero attached hydrogens (tertiary/aromatic N) is 1. The zero-order valence-corrected chi connectivity index (χ0v) is 16.4. The van der Waals surface area contributed by atoms with Crippen molar-refractivity contribution in [2.75, 3.05) is 0 Å². The van der Waals surface area contributed by atoms with Crippen LogP contribution >= 0.6 is 24.8 Å². The zero-order valence-electron chi connectivity index (χ0n) is 14.8. The van der Waals surface area contributed by atoms with Crippen LogP contribution in [-0.4, -0.2) is 16.9 Å². The molecule has 0 saturated heterocycles. The highest BCUT2D eigenvalue weighted by Crippen LogP contribution is 2.41. The van der Waals surface area contributed by atoms with Gasteiger partial charge in [0.05, 0.1) is 5.52 Å². The molecular weight excluding hydrogens is 369 g/mol. The molecule has 2 saturated carbocycles. The Morgan fingerprint density at radius 2 is 1.85 bits per heavy atom. The summed E-state index contributed by atoms with van der Waals surface area (Å²) in [5.74, 6) is 1.40. The lowest BCUT2D eigenvalue weighted by molar-refractivity contribution is -0.128. The lowest BCUT2D eigenvalue weighted by Gasteiger charge is -2.43. The van der Waals surface area contributed by atoms with Crippen LogP contribution in [0.15, 0.2) is 36.5 Å². The van der Waals surface area contributed by atoms with Crippen LogP contribution in [-0.2, 0) is 11.3 Å².